The second kappa shape index (κ2) is 6.71. The Morgan fingerprint density at radius 2 is 2.20 bits per heavy atom. The van der Waals surface area contributed by atoms with Gasteiger partial charge in [-0.25, -0.2) is 4.39 Å². The van der Waals surface area contributed by atoms with Gasteiger partial charge in [0.15, 0.2) is 0 Å². The van der Waals surface area contributed by atoms with Crippen LogP contribution >= 0.6 is 0 Å². The van der Waals surface area contributed by atoms with Crippen molar-refractivity contribution in [2.24, 2.45) is 5.92 Å². The standard InChI is InChI=1S/C18H27FO/c1-5-14-10-13(4)18(17(11-14)20-12(2)3)15-6-8-16(19)9-7-15/h5-6,12,14,16-17H,1,7-11H2,2-4H3/t14-,16-,17-/m0/s1. The van der Waals surface area contributed by atoms with E-state index in [0.29, 0.717) is 18.8 Å². The quantitative estimate of drug-likeness (QED) is 0.647. The van der Waals surface area contributed by atoms with Gasteiger partial charge in [-0.3, -0.25) is 0 Å². The normalized spacial score (nSPS) is 31.4. The van der Waals surface area contributed by atoms with E-state index < -0.39 is 6.17 Å². The highest BCUT2D eigenvalue weighted by Gasteiger charge is 2.30. The summed E-state index contributed by atoms with van der Waals surface area (Å²) in [4.78, 5) is 0. The first-order valence-corrected chi connectivity index (χ1v) is 7.82. The zero-order valence-corrected chi connectivity index (χ0v) is 13.0. The molecule has 20 heavy (non-hydrogen) atoms. The lowest BCUT2D eigenvalue weighted by Crippen LogP contribution is -2.29. The summed E-state index contributed by atoms with van der Waals surface area (Å²) in [6, 6.07) is 0. The van der Waals surface area contributed by atoms with Crippen molar-refractivity contribution in [1.29, 1.82) is 0 Å². The molecule has 3 atom stereocenters. The molecule has 0 amide bonds. The number of hydrogen-bond acceptors (Lipinski definition) is 1. The highest BCUT2D eigenvalue weighted by Crippen LogP contribution is 2.39. The topological polar surface area (TPSA) is 9.23 Å². The Labute approximate surface area is 122 Å². The minimum absolute atomic E-state index is 0.147. The molecule has 0 aromatic rings. The summed E-state index contributed by atoms with van der Waals surface area (Å²) in [6.45, 7) is 10.3. The number of allylic oxidation sites excluding steroid dienone is 3. The molecule has 0 aromatic carbocycles. The van der Waals surface area contributed by atoms with Gasteiger partial charge in [0.05, 0.1) is 12.2 Å². The lowest BCUT2D eigenvalue weighted by Gasteiger charge is -2.35. The summed E-state index contributed by atoms with van der Waals surface area (Å²) < 4.78 is 19.5. The average molecular weight is 278 g/mol. The number of ether oxygens (including phenoxy) is 1. The van der Waals surface area contributed by atoms with Crippen LogP contribution in [0, 0.1) is 5.92 Å². The maximum atomic E-state index is 13.3. The third-order valence-corrected chi connectivity index (χ3v) is 4.33. The molecule has 2 rings (SSSR count). The minimum atomic E-state index is -0.659. The van der Waals surface area contributed by atoms with Crippen LogP contribution in [-0.2, 0) is 4.74 Å². The predicted octanol–water partition coefficient (Wildman–Crippen LogP) is 5.14. The Bertz CT molecular complexity index is 419. The first kappa shape index (κ1) is 15.5. The van der Waals surface area contributed by atoms with Gasteiger partial charge >= 0.3 is 0 Å². The molecular formula is C18H27FO. The third-order valence-electron chi connectivity index (χ3n) is 4.33. The largest absolute Gasteiger partial charge is 0.371 e. The zero-order chi connectivity index (χ0) is 14.7. The van der Waals surface area contributed by atoms with Crippen molar-refractivity contribution in [2.75, 3.05) is 0 Å². The molecule has 0 saturated heterocycles. The van der Waals surface area contributed by atoms with Crippen LogP contribution in [0.1, 0.15) is 52.9 Å². The number of rotatable bonds is 4. The van der Waals surface area contributed by atoms with Crippen molar-refractivity contribution in [3.05, 3.63) is 35.5 Å². The van der Waals surface area contributed by atoms with Crippen molar-refractivity contribution in [3.8, 4) is 0 Å². The van der Waals surface area contributed by atoms with Gasteiger partial charge in [-0.15, -0.1) is 6.58 Å². The van der Waals surface area contributed by atoms with Crippen molar-refractivity contribution in [2.45, 2.75) is 71.3 Å². The second-order valence-corrected chi connectivity index (χ2v) is 6.40. The smallest absolute Gasteiger partial charge is 0.104 e. The van der Waals surface area contributed by atoms with Crippen molar-refractivity contribution < 1.29 is 9.13 Å². The van der Waals surface area contributed by atoms with E-state index in [4.69, 9.17) is 4.74 Å². The summed E-state index contributed by atoms with van der Waals surface area (Å²) in [7, 11) is 0. The Morgan fingerprint density at radius 3 is 2.75 bits per heavy atom. The average Bonchev–Trinajstić information content (AvgIpc) is 2.39. The van der Waals surface area contributed by atoms with E-state index in [1.807, 2.05) is 6.08 Å². The molecule has 112 valence electrons. The molecule has 2 aliphatic rings. The molecule has 0 bridgehead atoms. The zero-order valence-electron chi connectivity index (χ0n) is 13.0. The fourth-order valence-electron chi connectivity index (χ4n) is 3.41. The van der Waals surface area contributed by atoms with Gasteiger partial charge in [0, 0.05) is 0 Å². The van der Waals surface area contributed by atoms with E-state index in [1.165, 1.54) is 16.7 Å². The van der Waals surface area contributed by atoms with E-state index in [9.17, 15) is 4.39 Å². The fraction of sp³-hybridized carbons (Fsp3) is 0.667. The van der Waals surface area contributed by atoms with E-state index in [1.54, 1.807) is 0 Å². The van der Waals surface area contributed by atoms with Crippen molar-refractivity contribution in [3.63, 3.8) is 0 Å². The highest BCUT2D eigenvalue weighted by atomic mass is 19.1. The molecule has 0 unspecified atom stereocenters. The van der Waals surface area contributed by atoms with Gasteiger partial charge in [0.1, 0.15) is 6.17 Å². The van der Waals surface area contributed by atoms with E-state index in [0.717, 1.165) is 19.3 Å². The molecule has 0 N–H and O–H groups in total. The molecule has 1 nitrogen and oxygen atoms in total. The first-order valence-electron chi connectivity index (χ1n) is 7.82. The first-order chi connectivity index (χ1) is 9.51. The van der Waals surface area contributed by atoms with Crippen LogP contribution in [0.15, 0.2) is 35.5 Å². The molecule has 2 heteroatoms. The Morgan fingerprint density at radius 1 is 1.45 bits per heavy atom. The maximum Gasteiger partial charge on any atom is 0.104 e. The van der Waals surface area contributed by atoms with Crippen LogP contribution in [0.25, 0.3) is 0 Å². The number of halogens is 1. The van der Waals surface area contributed by atoms with Gasteiger partial charge in [0.25, 0.3) is 0 Å². The number of alkyl halides is 1. The van der Waals surface area contributed by atoms with Gasteiger partial charge in [-0.05, 0) is 69.9 Å². The SMILES string of the molecule is C=C[C@H]1CC(C)=C(C2=CC[C@H](F)CC2)[C@@H](OC(C)C)C1. The number of hydrogen-bond donors (Lipinski definition) is 0. The third kappa shape index (κ3) is 3.60. The molecule has 0 aromatic heterocycles. The van der Waals surface area contributed by atoms with Crippen LogP contribution in [0.2, 0.25) is 0 Å². The van der Waals surface area contributed by atoms with Gasteiger partial charge in [0.2, 0.25) is 0 Å². The second-order valence-electron chi connectivity index (χ2n) is 6.40. The van der Waals surface area contributed by atoms with Crippen LogP contribution in [0.5, 0.6) is 0 Å². The van der Waals surface area contributed by atoms with Crippen LogP contribution < -0.4 is 0 Å². The minimum Gasteiger partial charge on any atom is -0.371 e. The molecule has 0 saturated carbocycles. The van der Waals surface area contributed by atoms with Gasteiger partial charge < -0.3 is 4.74 Å². The van der Waals surface area contributed by atoms with Gasteiger partial charge in [-0.1, -0.05) is 17.7 Å². The van der Waals surface area contributed by atoms with E-state index >= 15 is 0 Å². The van der Waals surface area contributed by atoms with Crippen molar-refractivity contribution >= 4 is 0 Å². The molecule has 0 radical (unpaired) electrons. The molecule has 0 spiro atoms. The monoisotopic (exact) mass is 278 g/mol. The summed E-state index contributed by atoms with van der Waals surface area (Å²) in [6.07, 6.45) is 7.98. The predicted molar refractivity (Wildman–Crippen MR) is 82.5 cm³/mol. The molecule has 0 aliphatic heterocycles. The molecule has 2 aliphatic carbocycles. The molecule has 0 heterocycles. The Kier molecular flexibility index (Phi) is 5.20. The summed E-state index contributed by atoms with van der Waals surface area (Å²) in [5, 5.41) is 0. The lowest BCUT2D eigenvalue weighted by molar-refractivity contribution is 0.0151. The lowest BCUT2D eigenvalue weighted by atomic mass is 9.77. The fourth-order valence-corrected chi connectivity index (χ4v) is 3.41. The summed E-state index contributed by atoms with van der Waals surface area (Å²) >= 11 is 0. The van der Waals surface area contributed by atoms with Crippen LogP contribution in [0.4, 0.5) is 4.39 Å². The van der Waals surface area contributed by atoms with Gasteiger partial charge in [-0.2, -0.15) is 0 Å². The highest BCUT2D eigenvalue weighted by molar-refractivity contribution is 5.41. The summed E-state index contributed by atoms with van der Waals surface area (Å²) in [5.41, 5.74) is 4.07. The Balaban J connectivity index is 2.27. The van der Waals surface area contributed by atoms with Crippen LogP contribution in [-0.4, -0.2) is 18.4 Å². The Hall–Kier alpha value is -0.890. The van der Waals surface area contributed by atoms with E-state index in [-0.39, 0.29) is 12.2 Å². The van der Waals surface area contributed by atoms with Crippen molar-refractivity contribution in [1.82, 2.24) is 0 Å². The molecule has 0 fully saturated rings. The molecular weight excluding hydrogens is 251 g/mol. The summed E-state index contributed by atoms with van der Waals surface area (Å²) in [5.74, 6) is 0.501. The maximum absolute atomic E-state index is 13.3. The van der Waals surface area contributed by atoms with Crippen LogP contribution in [0.3, 0.4) is 0 Å². The van der Waals surface area contributed by atoms with E-state index in [2.05, 4.69) is 33.4 Å².